The van der Waals surface area contributed by atoms with Crippen molar-refractivity contribution in [1.82, 2.24) is 10.3 Å². The predicted octanol–water partition coefficient (Wildman–Crippen LogP) is 2.90. The van der Waals surface area contributed by atoms with Gasteiger partial charge in [-0.1, -0.05) is 18.2 Å². The second-order valence-electron chi connectivity index (χ2n) is 6.09. The third-order valence-electron chi connectivity index (χ3n) is 4.02. The highest BCUT2D eigenvalue weighted by Crippen LogP contribution is 2.17. The maximum absolute atomic E-state index is 12.0. The molecule has 0 aliphatic heterocycles. The van der Waals surface area contributed by atoms with Crippen LogP contribution in [0.15, 0.2) is 54.7 Å². The van der Waals surface area contributed by atoms with E-state index >= 15 is 0 Å². The lowest BCUT2D eigenvalue weighted by molar-refractivity contribution is -0.115. The first kappa shape index (κ1) is 17.7. The summed E-state index contributed by atoms with van der Waals surface area (Å²) in [6, 6.07) is 15.2. The first-order valence-corrected chi connectivity index (χ1v) is 8.55. The molecule has 2 amide bonds. The fraction of sp³-hybridized carbons (Fsp3) is 0.200. The molecule has 3 rings (SSSR count). The Morgan fingerprint density at radius 2 is 1.65 bits per heavy atom. The summed E-state index contributed by atoms with van der Waals surface area (Å²) in [5, 5.41) is 9.90. The second-order valence-corrected chi connectivity index (χ2v) is 6.09. The summed E-state index contributed by atoms with van der Waals surface area (Å²) in [6.45, 7) is 2.42. The van der Waals surface area contributed by atoms with Gasteiger partial charge in [0.15, 0.2) is 0 Å². The fourth-order valence-electron chi connectivity index (χ4n) is 2.81. The van der Waals surface area contributed by atoms with E-state index in [1.807, 2.05) is 18.3 Å². The monoisotopic (exact) mass is 350 g/mol. The Morgan fingerprint density at radius 1 is 0.962 bits per heavy atom. The van der Waals surface area contributed by atoms with Gasteiger partial charge in [0.25, 0.3) is 0 Å². The molecule has 134 valence electrons. The molecule has 4 N–H and O–H groups in total. The molecule has 0 atom stereocenters. The highest BCUT2D eigenvalue weighted by molar-refractivity contribution is 5.93. The highest BCUT2D eigenvalue weighted by atomic mass is 16.2. The van der Waals surface area contributed by atoms with Gasteiger partial charge in [-0.25, -0.2) is 0 Å². The van der Waals surface area contributed by atoms with E-state index in [0.717, 1.165) is 18.5 Å². The number of nitrogens with one attached hydrogen (secondary N) is 4. The number of para-hydroxylation sites is 1. The smallest absolute Gasteiger partial charge is 0.238 e. The molecule has 1 aromatic heterocycles. The van der Waals surface area contributed by atoms with Crippen LogP contribution >= 0.6 is 0 Å². The van der Waals surface area contributed by atoms with Gasteiger partial charge in [-0.2, -0.15) is 0 Å². The zero-order valence-electron chi connectivity index (χ0n) is 14.6. The van der Waals surface area contributed by atoms with Crippen LogP contribution in [0.2, 0.25) is 0 Å². The third kappa shape index (κ3) is 4.70. The highest BCUT2D eigenvalue weighted by Gasteiger charge is 2.05. The molecule has 6 heteroatoms. The summed E-state index contributed by atoms with van der Waals surface area (Å²) in [5.41, 5.74) is 3.76. The summed E-state index contributed by atoms with van der Waals surface area (Å²) in [7, 11) is 0. The molecule has 0 saturated carbocycles. The lowest BCUT2D eigenvalue weighted by Gasteiger charge is -2.08. The number of aromatic nitrogens is 1. The topological polar surface area (TPSA) is 86.0 Å². The van der Waals surface area contributed by atoms with Crippen molar-refractivity contribution in [2.75, 3.05) is 23.7 Å². The van der Waals surface area contributed by atoms with Crippen LogP contribution in [0, 0.1) is 0 Å². The Labute approximate surface area is 152 Å². The van der Waals surface area contributed by atoms with Crippen molar-refractivity contribution < 1.29 is 9.59 Å². The molecule has 0 unspecified atom stereocenters. The minimum absolute atomic E-state index is 0.101. The van der Waals surface area contributed by atoms with E-state index in [-0.39, 0.29) is 18.4 Å². The van der Waals surface area contributed by atoms with Crippen molar-refractivity contribution in [1.29, 1.82) is 0 Å². The largest absolute Gasteiger partial charge is 0.361 e. The molecule has 0 spiro atoms. The van der Waals surface area contributed by atoms with Crippen molar-refractivity contribution in [3.63, 3.8) is 0 Å². The van der Waals surface area contributed by atoms with Gasteiger partial charge >= 0.3 is 0 Å². The Balaban J connectivity index is 1.42. The predicted molar refractivity (Wildman–Crippen MR) is 104 cm³/mol. The number of anilines is 2. The number of fused-ring (bicyclic) bond motifs is 1. The lowest BCUT2D eigenvalue weighted by atomic mass is 10.1. The zero-order chi connectivity index (χ0) is 18.4. The fourth-order valence-corrected chi connectivity index (χ4v) is 2.81. The molecular formula is C20H22N4O2. The van der Waals surface area contributed by atoms with Gasteiger partial charge in [0.2, 0.25) is 11.8 Å². The van der Waals surface area contributed by atoms with Crippen LogP contribution in [0.1, 0.15) is 12.5 Å². The van der Waals surface area contributed by atoms with Crippen molar-refractivity contribution in [2.24, 2.45) is 0 Å². The molecule has 3 aromatic rings. The average Bonchev–Trinajstić information content (AvgIpc) is 3.03. The second kappa shape index (κ2) is 8.31. The van der Waals surface area contributed by atoms with Crippen molar-refractivity contribution in [3.8, 4) is 0 Å². The van der Waals surface area contributed by atoms with Crippen molar-refractivity contribution >= 4 is 34.1 Å². The van der Waals surface area contributed by atoms with Gasteiger partial charge in [-0.3, -0.25) is 9.59 Å². The number of H-pyrrole nitrogens is 1. The molecule has 0 fully saturated rings. The van der Waals surface area contributed by atoms with Crippen LogP contribution < -0.4 is 16.0 Å². The molecule has 0 saturated heterocycles. The maximum Gasteiger partial charge on any atom is 0.238 e. The molecular weight excluding hydrogens is 328 g/mol. The van der Waals surface area contributed by atoms with Crippen molar-refractivity contribution in [3.05, 3.63) is 60.3 Å². The zero-order valence-corrected chi connectivity index (χ0v) is 14.6. The summed E-state index contributed by atoms with van der Waals surface area (Å²) in [5.74, 6) is -0.225. The molecule has 1 heterocycles. The SMILES string of the molecule is CC(=O)Nc1ccc(NC(=O)CNCCc2c[nH]c3ccccc23)cc1. The molecule has 2 aromatic carbocycles. The first-order valence-electron chi connectivity index (χ1n) is 8.55. The van der Waals surface area contributed by atoms with Crippen molar-refractivity contribution in [2.45, 2.75) is 13.3 Å². The third-order valence-corrected chi connectivity index (χ3v) is 4.02. The van der Waals surface area contributed by atoms with Crippen LogP contribution in [0.4, 0.5) is 11.4 Å². The molecule has 0 aliphatic carbocycles. The van der Waals surface area contributed by atoms with Crippen LogP contribution in [0.3, 0.4) is 0 Å². The maximum atomic E-state index is 12.0. The van der Waals surface area contributed by atoms with Gasteiger partial charge in [-0.05, 0) is 48.9 Å². The number of aromatic amines is 1. The van der Waals surface area contributed by atoms with Gasteiger partial charge in [-0.15, -0.1) is 0 Å². The molecule has 0 aliphatic rings. The first-order chi connectivity index (χ1) is 12.6. The van der Waals surface area contributed by atoms with Crippen LogP contribution in [-0.4, -0.2) is 29.9 Å². The van der Waals surface area contributed by atoms with E-state index < -0.39 is 0 Å². The summed E-state index contributed by atoms with van der Waals surface area (Å²) in [4.78, 5) is 26.2. The normalized spacial score (nSPS) is 10.7. The Hall–Kier alpha value is -3.12. The number of amides is 2. The number of rotatable bonds is 7. The number of carbonyl (C=O) groups is 2. The van der Waals surface area contributed by atoms with Gasteiger partial charge < -0.3 is 20.9 Å². The van der Waals surface area contributed by atoms with Gasteiger partial charge in [0, 0.05) is 35.4 Å². The van der Waals surface area contributed by atoms with E-state index in [9.17, 15) is 9.59 Å². The average molecular weight is 350 g/mol. The molecule has 6 nitrogen and oxygen atoms in total. The number of carbonyl (C=O) groups excluding carboxylic acids is 2. The van der Waals surface area contributed by atoms with E-state index in [0.29, 0.717) is 11.4 Å². The van der Waals surface area contributed by atoms with E-state index in [1.165, 1.54) is 17.9 Å². The summed E-state index contributed by atoms with van der Waals surface area (Å²) >= 11 is 0. The van der Waals surface area contributed by atoms with E-state index in [2.05, 4.69) is 33.1 Å². The van der Waals surface area contributed by atoms with E-state index in [4.69, 9.17) is 0 Å². The van der Waals surface area contributed by atoms with Gasteiger partial charge in [0.1, 0.15) is 0 Å². The lowest BCUT2D eigenvalue weighted by Crippen LogP contribution is -2.29. The standard InChI is InChI=1S/C20H22N4O2/c1-14(25)23-16-6-8-17(9-7-16)24-20(26)13-21-11-10-15-12-22-19-5-3-2-4-18(15)19/h2-9,12,21-22H,10-11,13H2,1H3,(H,23,25)(H,24,26). The summed E-state index contributed by atoms with van der Waals surface area (Å²) in [6.07, 6.45) is 2.87. The molecule has 26 heavy (non-hydrogen) atoms. The number of hydrogen-bond acceptors (Lipinski definition) is 3. The van der Waals surface area contributed by atoms with Crippen LogP contribution in [0.5, 0.6) is 0 Å². The number of hydrogen-bond donors (Lipinski definition) is 4. The molecule has 0 radical (unpaired) electrons. The van der Waals surface area contributed by atoms with Crippen LogP contribution in [-0.2, 0) is 16.0 Å². The minimum atomic E-state index is -0.124. The van der Waals surface area contributed by atoms with Crippen LogP contribution in [0.25, 0.3) is 10.9 Å². The van der Waals surface area contributed by atoms with E-state index in [1.54, 1.807) is 24.3 Å². The quantitative estimate of drug-likeness (QED) is 0.494. The Kier molecular flexibility index (Phi) is 5.66. The Bertz CT molecular complexity index is 900. The van der Waals surface area contributed by atoms with Gasteiger partial charge in [0.05, 0.1) is 6.54 Å². The minimum Gasteiger partial charge on any atom is -0.361 e. The summed E-state index contributed by atoms with van der Waals surface area (Å²) < 4.78 is 0. The molecule has 0 bridgehead atoms. The number of benzene rings is 2. The Morgan fingerprint density at radius 3 is 2.38 bits per heavy atom.